The van der Waals surface area contributed by atoms with Crippen LogP contribution in [0.3, 0.4) is 0 Å². The van der Waals surface area contributed by atoms with Crippen molar-refractivity contribution in [2.24, 2.45) is 0 Å². The van der Waals surface area contributed by atoms with Crippen molar-refractivity contribution in [2.75, 3.05) is 0 Å². The maximum absolute atomic E-state index is 2.31. The maximum atomic E-state index is 2.31. The number of aryl methyl sites for hydroxylation is 1. The molecule has 0 nitrogen and oxygen atoms in total. The molecule has 116 valence electrons. The number of benzene rings is 3. The minimum atomic E-state index is 0.467. The van der Waals surface area contributed by atoms with E-state index in [0.717, 1.165) is 12.8 Å². The average molecular weight is 300 g/mol. The Morgan fingerprint density at radius 3 is 2.04 bits per heavy atom. The third kappa shape index (κ3) is 3.53. The summed E-state index contributed by atoms with van der Waals surface area (Å²) in [5, 5.41) is 0. The molecule has 0 aromatic heterocycles. The Bertz CT molecular complexity index is 742. The third-order valence-corrected chi connectivity index (χ3v) is 4.66. The van der Waals surface area contributed by atoms with Crippen LogP contribution in [-0.4, -0.2) is 0 Å². The van der Waals surface area contributed by atoms with Gasteiger partial charge in [-0.15, -0.1) is 0 Å². The summed E-state index contributed by atoms with van der Waals surface area (Å²) >= 11 is 0. The molecule has 0 heteroatoms. The Balaban J connectivity index is 2.03. The first-order valence-electron chi connectivity index (χ1n) is 8.47. The van der Waals surface area contributed by atoms with Crippen LogP contribution in [0.1, 0.15) is 47.1 Å². The van der Waals surface area contributed by atoms with Crippen LogP contribution in [-0.2, 0) is 6.42 Å². The van der Waals surface area contributed by atoms with Gasteiger partial charge in [0.2, 0.25) is 0 Å². The van der Waals surface area contributed by atoms with Crippen LogP contribution < -0.4 is 0 Å². The lowest BCUT2D eigenvalue weighted by molar-refractivity contribution is 0.765. The van der Waals surface area contributed by atoms with Crippen LogP contribution in [0.5, 0.6) is 0 Å². The lowest BCUT2D eigenvalue weighted by atomic mass is 9.83. The second-order valence-corrected chi connectivity index (χ2v) is 6.18. The summed E-state index contributed by atoms with van der Waals surface area (Å²) in [6.45, 7) is 4.52. The van der Waals surface area contributed by atoms with Crippen molar-refractivity contribution >= 4 is 0 Å². The van der Waals surface area contributed by atoms with Gasteiger partial charge in [-0.25, -0.2) is 0 Å². The fourth-order valence-electron chi connectivity index (χ4n) is 3.41. The van der Waals surface area contributed by atoms with Crippen molar-refractivity contribution in [1.29, 1.82) is 0 Å². The highest BCUT2D eigenvalue weighted by atomic mass is 14.2. The quantitative estimate of drug-likeness (QED) is 0.532. The zero-order chi connectivity index (χ0) is 16.1. The zero-order valence-corrected chi connectivity index (χ0v) is 14.0. The van der Waals surface area contributed by atoms with Gasteiger partial charge >= 0.3 is 0 Å². The second kappa shape index (κ2) is 7.28. The molecule has 0 heterocycles. The van der Waals surface area contributed by atoms with E-state index in [4.69, 9.17) is 0 Å². The summed E-state index contributed by atoms with van der Waals surface area (Å²) in [5.41, 5.74) is 7.14. The van der Waals surface area contributed by atoms with Crippen LogP contribution in [0.15, 0.2) is 78.9 Å². The van der Waals surface area contributed by atoms with Crippen molar-refractivity contribution in [3.63, 3.8) is 0 Å². The minimum Gasteiger partial charge on any atom is -0.0645 e. The van der Waals surface area contributed by atoms with Gasteiger partial charge in [-0.1, -0.05) is 85.8 Å². The van der Waals surface area contributed by atoms with E-state index in [1.54, 1.807) is 0 Å². The van der Waals surface area contributed by atoms with Gasteiger partial charge in [-0.2, -0.15) is 0 Å². The fraction of sp³-hybridized carbons (Fsp3) is 0.217. The van der Waals surface area contributed by atoms with Crippen LogP contribution in [0.25, 0.3) is 0 Å². The van der Waals surface area contributed by atoms with Gasteiger partial charge in [0.05, 0.1) is 0 Å². The van der Waals surface area contributed by atoms with E-state index < -0.39 is 0 Å². The molecule has 0 saturated carbocycles. The first-order chi connectivity index (χ1) is 11.3. The lowest BCUT2D eigenvalue weighted by Crippen LogP contribution is -2.06. The van der Waals surface area contributed by atoms with E-state index in [0.29, 0.717) is 5.92 Å². The van der Waals surface area contributed by atoms with Crippen LogP contribution in [0.2, 0.25) is 0 Å². The molecule has 0 radical (unpaired) electrons. The van der Waals surface area contributed by atoms with E-state index in [2.05, 4.69) is 92.7 Å². The molecule has 23 heavy (non-hydrogen) atoms. The smallest absolute Gasteiger partial charge is 0.00896 e. The van der Waals surface area contributed by atoms with Crippen LogP contribution >= 0.6 is 0 Å². The van der Waals surface area contributed by atoms with Gasteiger partial charge in [0.15, 0.2) is 0 Å². The highest BCUT2D eigenvalue weighted by molar-refractivity contribution is 5.44. The van der Waals surface area contributed by atoms with Crippen molar-refractivity contribution in [3.8, 4) is 0 Å². The van der Waals surface area contributed by atoms with Gasteiger partial charge in [0, 0.05) is 5.92 Å². The highest BCUT2D eigenvalue weighted by Crippen LogP contribution is 2.32. The fourth-order valence-corrected chi connectivity index (χ4v) is 3.41. The van der Waals surface area contributed by atoms with Crippen molar-refractivity contribution in [3.05, 3.63) is 107 Å². The summed E-state index contributed by atoms with van der Waals surface area (Å²) in [6, 6.07) is 28.4. The molecular weight excluding hydrogens is 276 g/mol. The van der Waals surface area contributed by atoms with Gasteiger partial charge in [-0.3, -0.25) is 0 Å². The van der Waals surface area contributed by atoms with Gasteiger partial charge in [0.25, 0.3) is 0 Å². The molecule has 0 aliphatic heterocycles. The van der Waals surface area contributed by atoms with E-state index in [9.17, 15) is 0 Å². The van der Waals surface area contributed by atoms with Gasteiger partial charge in [0.1, 0.15) is 0 Å². The molecule has 1 atom stereocenters. The van der Waals surface area contributed by atoms with Gasteiger partial charge in [-0.05, 0) is 47.6 Å². The Kier molecular flexibility index (Phi) is 4.92. The lowest BCUT2D eigenvalue weighted by Gasteiger charge is -2.21. The molecule has 3 aromatic rings. The zero-order valence-electron chi connectivity index (χ0n) is 14.0. The van der Waals surface area contributed by atoms with Crippen LogP contribution in [0.4, 0.5) is 0 Å². The molecule has 0 spiro atoms. The van der Waals surface area contributed by atoms with Crippen molar-refractivity contribution in [2.45, 2.75) is 32.6 Å². The molecular formula is C23H24. The topological polar surface area (TPSA) is 0 Å². The Hall–Kier alpha value is -2.34. The SMILES string of the molecule is CCC(c1ccccc1)c1cccc(C)c1Cc1ccccc1. The van der Waals surface area contributed by atoms with Crippen LogP contribution in [0, 0.1) is 6.92 Å². The van der Waals surface area contributed by atoms with E-state index >= 15 is 0 Å². The van der Waals surface area contributed by atoms with Crippen molar-refractivity contribution < 1.29 is 0 Å². The van der Waals surface area contributed by atoms with Crippen molar-refractivity contribution in [1.82, 2.24) is 0 Å². The Labute approximate surface area is 139 Å². The molecule has 0 saturated heterocycles. The second-order valence-electron chi connectivity index (χ2n) is 6.18. The molecule has 0 fully saturated rings. The average Bonchev–Trinajstić information content (AvgIpc) is 2.60. The Morgan fingerprint density at radius 1 is 0.739 bits per heavy atom. The first-order valence-corrected chi connectivity index (χ1v) is 8.47. The number of hydrogen-bond acceptors (Lipinski definition) is 0. The summed E-state index contributed by atoms with van der Waals surface area (Å²) in [4.78, 5) is 0. The molecule has 0 amide bonds. The highest BCUT2D eigenvalue weighted by Gasteiger charge is 2.17. The molecule has 1 unspecified atom stereocenters. The Morgan fingerprint density at radius 2 is 1.39 bits per heavy atom. The number of hydrogen-bond donors (Lipinski definition) is 0. The summed E-state index contributed by atoms with van der Waals surface area (Å²) in [7, 11) is 0. The molecule has 0 N–H and O–H groups in total. The molecule has 0 aliphatic rings. The van der Waals surface area contributed by atoms with E-state index in [1.165, 1.54) is 27.8 Å². The predicted octanol–water partition coefficient (Wildman–Crippen LogP) is 6.13. The van der Waals surface area contributed by atoms with E-state index in [-0.39, 0.29) is 0 Å². The molecule has 0 bridgehead atoms. The third-order valence-electron chi connectivity index (χ3n) is 4.66. The standard InChI is InChI=1S/C23H24/c1-3-21(20-14-8-5-9-15-20)22-16-10-11-18(2)23(22)17-19-12-6-4-7-13-19/h4-16,21H,3,17H2,1-2H3. The molecule has 3 rings (SSSR count). The molecule has 0 aliphatic carbocycles. The molecule has 3 aromatic carbocycles. The van der Waals surface area contributed by atoms with E-state index in [1.807, 2.05) is 0 Å². The van der Waals surface area contributed by atoms with Gasteiger partial charge < -0.3 is 0 Å². The monoisotopic (exact) mass is 300 g/mol. The maximum Gasteiger partial charge on any atom is 0.00896 e. The summed E-state index contributed by atoms with van der Waals surface area (Å²) in [5.74, 6) is 0.467. The summed E-state index contributed by atoms with van der Waals surface area (Å²) in [6.07, 6.45) is 2.13. The predicted molar refractivity (Wildman–Crippen MR) is 99.0 cm³/mol. The normalized spacial score (nSPS) is 12.1. The summed E-state index contributed by atoms with van der Waals surface area (Å²) < 4.78 is 0. The first kappa shape index (κ1) is 15.6. The minimum absolute atomic E-state index is 0.467. The largest absolute Gasteiger partial charge is 0.0645 e. The number of rotatable bonds is 5.